The van der Waals surface area contributed by atoms with Gasteiger partial charge in [-0.25, -0.2) is 0 Å². The third kappa shape index (κ3) is 3.03. The molecule has 2 atom stereocenters. The quantitative estimate of drug-likeness (QED) is 0.813. The highest BCUT2D eigenvalue weighted by molar-refractivity contribution is 5.94. The molecule has 17 heavy (non-hydrogen) atoms. The van der Waals surface area contributed by atoms with E-state index in [1.165, 1.54) is 0 Å². The molecule has 1 saturated carbocycles. The van der Waals surface area contributed by atoms with E-state index in [1.807, 2.05) is 6.92 Å². The Labute approximate surface area is 101 Å². The third-order valence-electron chi connectivity index (χ3n) is 3.20. The summed E-state index contributed by atoms with van der Waals surface area (Å²) in [4.78, 5) is 16.0. The molecule has 4 nitrogen and oxygen atoms in total. The molecule has 1 fully saturated rings. The molecule has 0 aromatic carbocycles. The molecule has 2 rings (SSSR count). The number of carbonyl (C=O) groups excluding carboxylic acids is 1. The number of pyridine rings is 1. The van der Waals surface area contributed by atoms with Crippen molar-refractivity contribution < 1.29 is 9.90 Å². The number of nitrogens with zero attached hydrogens (tertiary/aromatic N) is 1. The smallest absolute Gasteiger partial charge is 0.251 e. The molecule has 2 N–H and O–H groups in total. The lowest BCUT2D eigenvalue weighted by atomic mass is 9.92. The van der Waals surface area contributed by atoms with E-state index in [0.717, 1.165) is 31.4 Å². The molecule has 1 aliphatic carbocycles. The van der Waals surface area contributed by atoms with Crippen molar-refractivity contribution in [3.05, 3.63) is 29.6 Å². The molecule has 1 heterocycles. The molecular weight excluding hydrogens is 216 g/mol. The molecule has 1 aliphatic rings. The van der Waals surface area contributed by atoms with Crippen LogP contribution < -0.4 is 5.32 Å². The predicted molar refractivity (Wildman–Crippen MR) is 64.7 cm³/mol. The lowest BCUT2D eigenvalue weighted by Gasteiger charge is -2.28. The predicted octanol–water partition coefficient (Wildman–Crippen LogP) is 1.42. The summed E-state index contributed by atoms with van der Waals surface area (Å²) in [5.74, 6) is -0.124. The van der Waals surface area contributed by atoms with Gasteiger partial charge in [-0.05, 0) is 31.9 Å². The average Bonchev–Trinajstić information content (AvgIpc) is 2.32. The molecule has 0 aliphatic heterocycles. The Hall–Kier alpha value is -1.42. The largest absolute Gasteiger partial charge is 0.391 e. The Morgan fingerprint density at radius 3 is 2.94 bits per heavy atom. The lowest BCUT2D eigenvalue weighted by molar-refractivity contribution is 0.0717. The van der Waals surface area contributed by atoms with Crippen LogP contribution >= 0.6 is 0 Å². The number of hydrogen-bond donors (Lipinski definition) is 2. The molecule has 0 radical (unpaired) electrons. The second-order valence-electron chi connectivity index (χ2n) is 4.62. The van der Waals surface area contributed by atoms with Crippen molar-refractivity contribution in [2.45, 2.75) is 44.8 Å². The number of aryl methyl sites for hydroxylation is 1. The summed E-state index contributed by atoms with van der Waals surface area (Å²) in [6.07, 6.45) is 4.97. The molecule has 0 spiro atoms. The Bertz CT molecular complexity index is 406. The van der Waals surface area contributed by atoms with Gasteiger partial charge in [0.2, 0.25) is 0 Å². The van der Waals surface area contributed by atoms with Crippen LogP contribution in [-0.4, -0.2) is 28.1 Å². The van der Waals surface area contributed by atoms with Crippen LogP contribution in [0.2, 0.25) is 0 Å². The van der Waals surface area contributed by atoms with Crippen LogP contribution in [0.1, 0.15) is 41.7 Å². The van der Waals surface area contributed by atoms with Crippen molar-refractivity contribution in [1.29, 1.82) is 0 Å². The highest BCUT2D eigenvalue weighted by atomic mass is 16.3. The zero-order chi connectivity index (χ0) is 12.3. The summed E-state index contributed by atoms with van der Waals surface area (Å²) in [5.41, 5.74) is 1.43. The summed E-state index contributed by atoms with van der Waals surface area (Å²) >= 11 is 0. The zero-order valence-corrected chi connectivity index (χ0v) is 10.0. The van der Waals surface area contributed by atoms with Crippen LogP contribution in [0.5, 0.6) is 0 Å². The van der Waals surface area contributed by atoms with E-state index in [9.17, 15) is 9.90 Å². The first kappa shape index (κ1) is 12.0. The lowest BCUT2D eigenvalue weighted by Crippen LogP contribution is -2.45. The minimum absolute atomic E-state index is 0.107. The minimum Gasteiger partial charge on any atom is -0.391 e. The number of aromatic nitrogens is 1. The molecular formula is C13H18N2O2. The Kier molecular flexibility index (Phi) is 3.74. The fourth-order valence-electron chi connectivity index (χ4n) is 2.22. The molecule has 1 aromatic heterocycles. The van der Waals surface area contributed by atoms with Crippen molar-refractivity contribution in [2.24, 2.45) is 0 Å². The van der Waals surface area contributed by atoms with Crippen molar-refractivity contribution >= 4 is 5.91 Å². The normalized spacial score (nSPS) is 24.4. The number of amides is 1. The zero-order valence-electron chi connectivity index (χ0n) is 10.0. The Balaban J connectivity index is 2.01. The molecule has 4 heteroatoms. The van der Waals surface area contributed by atoms with Gasteiger partial charge in [0, 0.05) is 17.5 Å². The van der Waals surface area contributed by atoms with E-state index in [1.54, 1.807) is 18.3 Å². The van der Waals surface area contributed by atoms with Gasteiger partial charge in [-0.1, -0.05) is 12.8 Å². The standard InChI is InChI=1S/C13H18N2O2/c1-9-8-10(6-7-14-9)13(17)15-11-4-2-3-5-12(11)16/h6-8,11-12,16H,2-5H2,1H3,(H,15,17)/t11-,12-/m1/s1. The SMILES string of the molecule is Cc1cc(C(=O)N[C@@H]2CCCC[C@H]2O)ccn1. The van der Waals surface area contributed by atoms with Crippen LogP contribution in [0, 0.1) is 6.92 Å². The van der Waals surface area contributed by atoms with Gasteiger partial charge < -0.3 is 10.4 Å². The van der Waals surface area contributed by atoms with E-state index in [0.29, 0.717) is 5.56 Å². The monoisotopic (exact) mass is 234 g/mol. The van der Waals surface area contributed by atoms with Gasteiger partial charge in [-0.2, -0.15) is 0 Å². The van der Waals surface area contributed by atoms with Gasteiger partial charge in [0.15, 0.2) is 0 Å². The van der Waals surface area contributed by atoms with Gasteiger partial charge >= 0.3 is 0 Å². The van der Waals surface area contributed by atoms with E-state index in [-0.39, 0.29) is 11.9 Å². The molecule has 0 unspecified atom stereocenters. The van der Waals surface area contributed by atoms with Gasteiger partial charge in [0.25, 0.3) is 5.91 Å². The fraction of sp³-hybridized carbons (Fsp3) is 0.538. The Morgan fingerprint density at radius 1 is 1.47 bits per heavy atom. The summed E-state index contributed by atoms with van der Waals surface area (Å²) in [5, 5.41) is 12.7. The average molecular weight is 234 g/mol. The highest BCUT2D eigenvalue weighted by Crippen LogP contribution is 2.18. The van der Waals surface area contributed by atoms with Crippen molar-refractivity contribution in [3.63, 3.8) is 0 Å². The van der Waals surface area contributed by atoms with E-state index in [4.69, 9.17) is 0 Å². The summed E-state index contributed by atoms with van der Waals surface area (Å²) in [7, 11) is 0. The number of rotatable bonds is 2. The topological polar surface area (TPSA) is 62.2 Å². The summed E-state index contributed by atoms with van der Waals surface area (Å²) in [6.45, 7) is 1.85. The van der Waals surface area contributed by atoms with Crippen molar-refractivity contribution in [2.75, 3.05) is 0 Å². The van der Waals surface area contributed by atoms with E-state index < -0.39 is 6.10 Å². The van der Waals surface area contributed by atoms with Gasteiger partial charge in [0.05, 0.1) is 12.1 Å². The molecule has 0 saturated heterocycles. The fourth-order valence-corrected chi connectivity index (χ4v) is 2.22. The van der Waals surface area contributed by atoms with Crippen molar-refractivity contribution in [3.8, 4) is 0 Å². The number of aliphatic hydroxyl groups is 1. The molecule has 1 aromatic rings. The number of carbonyl (C=O) groups is 1. The van der Waals surface area contributed by atoms with E-state index in [2.05, 4.69) is 10.3 Å². The molecule has 0 bridgehead atoms. The molecule has 92 valence electrons. The molecule has 1 amide bonds. The number of aliphatic hydroxyl groups excluding tert-OH is 1. The first-order valence-corrected chi connectivity index (χ1v) is 6.08. The first-order valence-electron chi connectivity index (χ1n) is 6.08. The van der Waals surface area contributed by atoms with Crippen LogP contribution in [0.15, 0.2) is 18.3 Å². The van der Waals surface area contributed by atoms with Gasteiger partial charge in [-0.3, -0.25) is 9.78 Å². The maximum Gasteiger partial charge on any atom is 0.251 e. The second kappa shape index (κ2) is 5.27. The van der Waals surface area contributed by atoms with Crippen LogP contribution in [-0.2, 0) is 0 Å². The number of hydrogen-bond acceptors (Lipinski definition) is 3. The number of nitrogens with one attached hydrogen (secondary N) is 1. The van der Waals surface area contributed by atoms with E-state index >= 15 is 0 Å². The van der Waals surface area contributed by atoms with Crippen LogP contribution in [0.25, 0.3) is 0 Å². The first-order chi connectivity index (χ1) is 8.16. The summed E-state index contributed by atoms with van der Waals surface area (Å²) < 4.78 is 0. The Morgan fingerprint density at radius 2 is 2.24 bits per heavy atom. The summed E-state index contributed by atoms with van der Waals surface area (Å²) in [6, 6.07) is 3.34. The second-order valence-corrected chi connectivity index (χ2v) is 4.62. The maximum absolute atomic E-state index is 12.0. The third-order valence-corrected chi connectivity index (χ3v) is 3.20. The highest BCUT2D eigenvalue weighted by Gasteiger charge is 2.24. The minimum atomic E-state index is -0.407. The van der Waals surface area contributed by atoms with Gasteiger partial charge in [0.1, 0.15) is 0 Å². The van der Waals surface area contributed by atoms with Crippen LogP contribution in [0.4, 0.5) is 0 Å². The van der Waals surface area contributed by atoms with Crippen molar-refractivity contribution in [1.82, 2.24) is 10.3 Å². The van der Waals surface area contributed by atoms with Gasteiger partial charge in [-0.15, -0.1) is 0 Å². The maximum atomic E-state index is 12.0. The van der Waals surface area contributed by atoms with Crippen LogP contribution in [0.3, 0.4) is 0 Å².